The van der Waals surface area contributed by atoms with Crippen molar-refractivity contribution in [1.29, 1.82) is 5.26 Å². The van der Waals surface area contributed by atoms with Gasteiger partial charge >= 0.3 is 0 Å². The maximum atomic E-state index is 8.60. The fourth-order valence-electron chi connectivity index (χ4n) is 2.87. The van der Waals surface area contributed by atoms with Crippen LogP contribution < -0.4 is 0 Å². The van der Waals surface area contributed by atoms with Crippen molar-refractivity contribution >= 4 is 23.5 Å². The van der Waals surface area contributed by atoms with Crippen LogP contribution in [0.3, 0.4) is 0 Å². The molecule has 2 aromatic heterocycles. The number of hydrogen-bond donors (Lipinski definition) is 1. The molecule has 5 nitrogen and oxygen atoms in total. The van der Waals surface area contributed by atoms with E-state index in [0.29, 0.717) is 6.42 Å². The summed E-state index contributed by atoms with van der Waals surface area (Å²) in [6.07, 6.45) is 12.2. The minimum absolute atomic E-state index is 0.240. The zero-order valence-electron chi connectivity index (χ0n) is 11.8. The van der Waals surface area contributed by atoms with Gasteiger partial charge in [-0.1, -0.05) is 12.8 Å². The van der Waals surface area contributed by atoms with E-state index >= 15 is 0 Å². The number of hydrogen-bond acceptors (Lipinski definition) is 4. The molecule has 0 unspecified atom stereocenters. The molecule has 3 heterocycles. The average molecular weight is 279 g/mol. The molecule has 1 aliphatic rings. The molecule has 0 amide bonds. The lowest BCUT2D eigenvalue weighted by atomic mass is 9.77. The number of aromatic nitrogens is 2. The van der Waals surface area contributed by atoms with Gasteiger partial charge in [-0.05, 0) is 30.5 Å². The minimum atomic E-state index is -0.240. The Labute approximate surface area is 123 Å². The number of fused-ring (bicyclic) bond motifs is 1. The summed E-state index contributed by atoms with van der Waals surface area (Å²) in [7, 11) is 0. The Hall–Kier alpha value is -2.48. The van der Waals surface area contributed by atoms with Gasteiger partial charge in [0.25, 0.3) is 0 Å². The van der Waals surface area contributed by atoms with Gasteiger partial charge in [-0.3, -0.25) is 0 Å². The highest BCUT2D eigenvalue weighted by Crippen LogP contribution is 2.33. The van der Waals surface area contributed by atoms with E-state index in [-0.39, 0.29) is 5.41 Å². The third-order valence-electron chi connectivity index (χ3n) is 3.98. The topological polar surface area (TPSA) is 77.2 Å². The summed E-state index contributed by atoms with van der Waals surface area (Å²) in [6, 6.07) is 6.29. The minimum Gasteiger partial charge on any atom is -0.346 e. The number of nitriles is 1. The van der Waals surface area contributed by atoms with E-state index in [1.165, 1.54) is 5.56 Å². The molecule has 3 rings (SSSR count). The molecule has 0 fully saturated rings. The van der Waals surface area contributed by atoms with Gasteiger partial charge in [0.15, 0.2) is 0 Å². The van der Waals surface area contributed by atoms with Gasteiger partial charge in [0.05, 0.1) is 11.5 Å². The van der Waals surface area contributed by atoms with E-state index in [2.05, 4.69) is 38.4 Å². The number of rotatable bonds is 6. The second kappa shape index (κ2) is 5.88. The standard InChI is InChI=1S/C16H17N5/c17-8-4-2-1-3-7-16(11-20-21-12-16)14-6-10-19-15-13(14)5-9-18-15/h5-6,9-12H,1-4,7H2,(H,18,19). The van der Waals surface area contributed by atoms with E-state index < -0.39 is 0 Å². The summed E-state index contributed by atoms with van der Waals surface area (Å²) in [4.78, 5) is 7.49. The van der Waals surface area contributed by atoms with Crippen LogP contribution in [0.1, 0.15) is 37.7 Å². The Kier molecular flexibility index (Phi) is 3.78. The second-order valence-corrected chi connectivity index (χ2v) is 5.35. The molecule has 2 aromatic rings. The fourth-order valence-corrected chi connectivity index (χ4v) is 2.87. The van der Waals surface area contributed by atoms with E-state index in [4.69, 9.17) is 5.26 Å². The van der Waals surface area contributed by atoms with Crippen LogP contribution in [0.15, 0.2) is 34.7 Å². The number of nitrogens with zero attached hydrogens (tertiary/aromatic N) is 4. The molecule has 0 saturated carbocycles. The van der Waals surface area contributed by atoms with Gasteiger partial charge in [0.1, 0.15) is 5.65 Å². The van der Waals surface area contributed by atoms with Gasteiger partial charge < -0.3 is 4.98 Å². The zero-order chi connectivity index (χ0) is 14.5. The average Bonchev–Trinajstić information content (AvgIpc) is 3.16. The predicted octanol–water partition coefficient (Wildman–Crippen LogP) is 3.34. The number of pyridine rings is 1. The van der Waals surface area contributed by atoms with Crippen LogP contribution in [-0.4, -0.2) is 22.4 Å². The summed E-state index contributed by atoms with van der Waals surface area (Å²) in [5.74, 6) is 0. The third kappa shape index (κ3) is 2.57. The largest absolute Gasteiger partial charge is 0.346 e. The van der Waals surface area contributed by atoms with Crippen molar-refractivity contribution in [2.75, 3.05) is 0 Å². The quantitative estimate of drug-likeness (QED) is 0.823. The first-order chi connectivity index (χ1) is 10.4. The van der Waals surface area contributed by atoms with Gasteiger partial charge in [0.2, 0.25) is 0 Å². The van der Waals surface area contributed by atoms with Crippen LogP contribution in [0.25, 0.3) is 11.0 Å². The van der Waals surface area contributed by atoms with Gasteiger partial charge in [-0.2, -0.15) is 15.5 Å². The van der Waals surface area contributed by atoms with E-state index in [1.54, 1.807) is 0 Å². The molecule has 106 valence electrons. The maximum absolute atomic E-state index is 8.60. The lowest BCUT2D eigenvalue weighted by Gasteiger charge is -2.24. The molecule has 5 heteroatoms. The van der Waals surface area contributed by atoms with Crippen LogP contribution in [0, 0.1) is 11.3 Å². The van der Waals surface area contributed by atoms with Crippen molar-refractivity contribution in [2.24, 2.45) is 10.2 Å². The molecule has 0 spiro atoms. The Morgan fingerprint density at radius 3 is 2.81 bits per heavy atom. The zero-order valence-corrected chi connectivity index (χ0v) is 11.8. The van der Waals surface area contributed by atoms with Gasteiger partial charge in [-0.15, -0.1) is 0 Å². The summed E-state index contributed by atoms with van der Waals surface area (Å²) in [5, 5.41) is 17.9. The molecule has 0 aromatic carbocycles. The highest BCUT2D eigenvalue weighted by molar-refractivity contribution is 6.03. The second-order valence-electron chi connectivity index (χ2n) is 5.35. The first-order valence-corrected chi connectivity index (χ1v) is 7.24. The maximum Gasteiger partial charge on any atom is 0.137 e. The molecule has 0 radical (unpaired) electrons. The summed E-state index contributed by atoms with van der Waals surface area (Å²) >= 11 is 0. The third-order valence-corrected chi connectivity index (χ3v) is 3.98. The molecular formula is C16H17N5. The molecule has 0 saturated heterocycles. The summed E-state index contributed by atoms with van der Waals surface area (Å²) in [6.45, 7) is 0. The SMILES string of the molecule is N#CCCCCCC1(c2ccnc3[nH]ccc23)C=NN=C1. The summed E-state index contributed by atoms with van der Waals surface area (Å²) in [5.41, 5.74) is 1.85. The molecule has 21 heavy (non-hydrogen) atoms. The summed E-state index contributed by atoms with van der Waals surface area (Å²) < 4.78 is 0. The van der Waals surface area contributed by atoms with Crippen molar-refractivity contribution in [3.63, 3.8) is 0 Å². The van der Waals surface area contributed by atoms with Crippen LogP contribution in [0.2, 0.25) is 0 Å². The van der Waals surface area contributed by atoms with Crippen molar-refractivity contribution in [2.45, 2.75) is 37.5 Å². The number of unbranched alkanes of at least 4 members (excludes halogenated alkanes) is 3. The van der Waals surface area contributed by atoms with Crippen LogP contribution >= 0.6 is 0 Å². The Balaban J connectivity index is 1.85. The van der Waals surface area contributed by atoms with Crippen LogP contribution in [0.4, 0.5) is 0 Å². The highest BCUT2D eigenvalue weighted by Gasteiger charge is 2.32. The van der Waals surface area contributed by atoms with Crippen molar-refractivity contribution in [3.05, 3.63) is 30.1 Å². The lowest BCUT2D eigenvalue weighted by Crippen LogP contribution is -2.28. The first-order valence-electron chi connectivity index (χ1n) is 7.24. The molecular weight excluding hydrogens is 262 g/mol. The van der Waals surface area contributed by atoms with E-state index in [9.17, 15) is 0 Å². The Morgan fingerprint density at radius 2 is 2.00 bits per heavy atom. The first kappa shape index (κ1) is 13.5. The molecule has 0 atom stereocenters. The Morgan fingerprint density at radius 1 is 1.14 bits per heavy atom. The molecule has 1 N–H and O–H groups in total. The fraction of sp³-hybridized carbons (Fsp3) is 0.375. The van der Waals surface area contributed by atoms with Crippen molar-refractivity contribution in [1.82, 2.24) is 9.97 Å². The monoisotopic (exact) mass is 279 g/mol. The number of H-pyrrole nitrogens is 1. The predicted molar refractivity (Wildman–Crippen MR) is 83.5 cm³/mol. The number of nitrogens with one attached hydrogen (secondary N) is 1. The normalized spacial score (nSPS) is 15.6. The van der Waals surface area contributed by atoms with Crippen LogP contribution in [-0.2, 0) is 5.41 Å². The van der Waals surface area contributed by atoms with Gasteiger partial charge in [0, 0.05) is 36.6 Å². The van der Waals surface area contributed by atoms with Crippen LogP contribution in [0.5, 0.6) is 0 Å². The smallest absolute Gasteiger partial charge is 0.137 e. The number of aromatic amines is 1. The van der Waals surface area contributed by atoms with Crippen molar-refractivity contribution < 1.29 is 0 Å². The molecule has 1 aliphatic heterocycles. The Bertz CT molecular complexity index is 708. The van der Waals surface area contributed by atoms with Crippen molar-refractivity contribution in [3.8, 4) is 6.07 Å². The molecule has 0 aliphatic carbocycles. The van der Waals surface area contributed by atoms with E-state index in [1.807, 2.05) is 24.8 Å². The highest BCUT2D eigenvalue weighted by atomic mass is 15.2. The van der Waals surface area contributed by atoms with Gasteiger partial charge in [-0.25, -0.2) is 4.98 Å². The molecule has 0 bridgehead atoms. The lowest BCUT2D eigenvalue weighted by molar-refractivity contribution is 0.599. The van der Waals surface area contributed by atoms with E-state index in [0.717, 1.165) is 36.7 Å².